The van der Waals surface area contributed by atoms with Crippen molar-refractivity contribution in [3.8, 4) is 0 Å². The lowest BCUT2D eigenvalue weighted by molar-refractivity contribution is -0.150. The Morgan fingerprint density at radius 1 is 1.00 bits per heavy atom. The van der Waals surface area contributed by atoms with E-state index in [1.54, 1.807) is 0 Å². The summed E-state index contributed by atoms with van der Waals surface area (Å²) in [6, 6.07) is 21.2. The minimum Gasteiger partial charge on any atom is -0.481 e. The van der Waals surface area contributed by atoms with Crippen LogP contribution >= 0.6 is 0 Å². The molecule has 2 bridgehead atoms. The zero-order valence-corrected chi connectivity index (χ0v) is 16.3. The molecule has 0 radical (unpaired) electrons. The highest BCUT2D eigenvalue weighted by molar-refractivity contribution is 5.76. The number of carboxylic acid groups (broad SMARTS) is 1. The lowest BCUT2D eigenvalue weighted by Gasteiger charge is -2.28. The van der Waals surface area contributed by atoms with E-state index >= 15 is 0 Å². The van der Waals surface area contributed by atoms with Gasteiger partial charge in [-0.2, -0.15) is 0 Å². The number of carboxylic acids is 1. The Morgan fingerprint density at radius 3 is 2.07 bits per heavy atom. The molecule has 4 nitrogen and oxygen atoms in total. The normalized spacial score (nSPS) is 26.0. The van der Waals surface area contributed by atoms with Crippen molar-refractivity contribution >= 4 is 5.97 Å². The second-order valence-corrected chi connectivity index (χ2v) is 8.61. The third-order valence-corrected chi connectivity index (χ3v) is 6.44. The van der Waals surface area contributed by atoms with Gasteiger partial charge in [-0.3, -0.25) is 4.79 Å². The number of hydrogen-bond acceptors (Lipinski definition) is 3. The first-order valence-electron chi connectivity index (χ1n) is 10.3. The molecule has 4 heteroatoms. The summed E-state index contributed by atoms with van der Waals surface area (Å²) in [4.78, 5) is 11.6. The Labute approximate surface area is 166 Å². The van der Waals surface area contributed by atoms with E-state index in [9.17, 15) is 9.90 Å². The van der Waals surface area contributed by atoms with Gasteiger partial charge in [0.05, 0.1) is 17.6 Å². The molecule has 1 aliphatic heterocycles. The minimum absolute atomic E-state index is 0.289. The van der Waals surface area contributed by atoms with Crippen molar-refractivity contribution in [3.05, 3.63) is 71.8 Å². The summed E-state index contributed by atoms with van der Waals surface area (Å²) in [6.07, 6.45) is 4.27. The molecule has 1 heterocycles. The largest absolute Gasteiger partial charge is 0.481 e. The number of hydrogen-bond donors (Lipinski definition) is 2. The van der Waals surface area contributed by atoms with Crippen molar-refractivity contribution in [2.75, 3.05) is 19.7 Å². The number of rotatable bonds is 9. The second kappa shape index (κ2) is 8.06. The molecule has 1 saturated heterocycles. The third kappa shape index (κ3) is 4.13. The number of nitrogens with one attached hydrogen (secondary N) is 1. The Hall–Kier alpha value is -2.17. The smallest absolute Gasteiger partial charge is 0.312 e. The highest BCUT2D eigenvalue weighted by Crippen LogP contribution is 2.52. The Bertz CT molecular complexity index is 741. The SMILES string of the molecule is O=C(O)C12CCC(CNCC(Cc3ccccc3)Cc3ccccc3)(C1)OC2. The number of fused-ring (bicyclic) bond motifs is 2. The zero-order valence-electron chi connectivity index (χ0n) is 16.3. The molecule has 0 amide bonds. The summed E-state index contributed by atoms with van der Waals surface area (Å²) in [5.41, 5.74) is 1.77. The summed E-state index contributed by atoms with van der Waals surface area (Å²) in [5, 5.41) is 13.2. The Kier molecular flexibility index (Phi) is 5.51. The first kappa shape index (κ1) is 19.2. The van der Waals surface area contributed by atoms with Crippen LogP contribution in [0.25, 0.3) is 0 Å². The van der Waals surface area contributed by atoms with Crippen LogP contribution in [0.1, 0.15) is 30.4 Å². The fourth-order valence-corrected chi connectivity index (χ4v) is 4.86. The van der Waals surface area contributed by atoms with Crippen molar-refractivity contribution in [1.29, 1.82) is 0 Å². The first-order chi connectivity index (χ1) is 13.6. The maximum atomic E-state index is 11.6. The number of ether oxygens (including phenoxy) is 1. The van der Waals surface area contributed by atoms with E-state index in [-0.39, 0.29) is 5.60 Å². The van der Waals surface area contributed by atoms with E-state index in [1.807, 2.05) is 0 Å². The fourth-order valence-electron chi connectivity index (χ4n) is 4.86. The van der Waals surface area contributed by atoms with Crippen molar-refractivity contribution in [3.63, 3.8) is 0 Å². The highest BCUT2D eigenvalue weighted by atomic mass is 16.5. The monoisotopic (exact) mass is 379 g/mol. The quantitative estimate of drug-likeness (QED) is 0.697. The van der Waals surface area contributed by atoms with Gasteiger partial charge in [-0.05, 0) is 55.7 Å². The minimum atomic E-state index is -0.696. The van der Waals surface area contributed by atoms with Gasteiger partial charge >= 0.3 is 5.97 Å². The van der Waals surface area contributed by atoms with Crippen LogP contribution in [0, 0.1) is 11.3 Å². The van der Waals surface area contributed by atoms with Crippen molar-refractivity contribution < 1.29 is 14.6 Å². The van der Waals surface area contributed by atoms with Crippen LogP contribution < -0.4 is 5.32 Å². The van der Waals surface area contributed by atoms with Gasteiger partial charge in [-0.1, -0.05) is 60.7 Å². The molecule has 2 aromatic rings. The van der Waals surface area contributed by atoms with Crippen LogP contribution in [0.4, 0.5) is 0 Å². The van der Waals surface area contributed by atoms with Crippen molar-refractivity contribution in [1.82, 2.24) is 5.32 Å². The maximum absolute atomic E-state index is 11.6. The molecule has 148 valence electrons. The topological polar surface area (TPSA) is 58.6 Å². The van der Waals surface area contributed by atoms with Crippen LogP contribution in [0.2, 0.25) is 0 Å². The van der Waals surface area contributed by atoms with Gasteiger partial charge in [-0.25, -0.2) is 0 Å². The Morgan fingerprint density at radius 2 is 1.61 bits per heavy atom. The van der Waals surface area contributed by atoms with Gasteiger partial charge in [0.15, 0.2) is 0 Å². The lowest BCUT2D eigenvalue weighted by Crippen LogP contribution is -2.41. The molecule has 2 aromatic carbocycles. The van der Waals surface area contributed by atoms with Crippen molar-refractivity contribution in [2.45, 2.75) is 37.7 Å². The van der Waals surface area contributed by atoms with Gasteiger partial charge in [0, 0.05) is 6.54 Å². The molecular formula is C24H29NO3. The van der Waals surface area contributed by atoms with E-state index in [1.165, 1.54) is 11.1 Å². The molecule has 0 spiro atoms. The van der Waals surface area contributed by atoms with E-state index < -0.39 is 11.4 Å². The number of benzene rings is 2. The molecule has 1 saturated carbocycles. The summed E-state index contributed by atoms with van der Waals surface area (Å²) in [6.45, 7) is 2.00. The molecule has 4 rings (SSSR count). The first-order valence-corrected chi connectivity index (χ1v) is 10.3. The second-order valence-electron chi connectivity index (χ2n) is 8.61. The van der Waals surface area contributed by atoms with Crippen LogP contribution in [0.3, 0.4) is 0 Å². The molecule has 2 unspecified atom stereocenters. The average molecular weight is 380 g/mol. The number of aliphatic carboxylic acids is 1. The number of carbonyl (C=O) groups is 1. The fraction of sp³-hybridized carbons (Fsp3) is 0.458. The zero-order chi connectivity index (χ0) is 19.5. The summed E-state index contributed by atoms with van der Waals surface area (Å²) < 4.78 is 5.98. The average Bonchev–Trinajstić information content (AvgIpc) is 3.27. The van der Waals surface area contributed by atoms with Crippen LogP contribution in [0.5, 0.6) is 0 Å². The molecule has 0 aromatic heterocycles. The predicted molar refractivity (Wildman–Crippen MR) is 109 cm³/mol. The van der Waals surface area contributed by atoms with E-state index in [0.717, 1.165) is 38.8 Å². The van der Waals surface area contributed by atoms with Gasteiger partial charge in [0.25, 0.3) is 0 Å². The van der Waals surface area contributed by atoms with E-state index in [0.29, 0.717) is 18.9 Å². The summed E-state index contributed by atoms with van der Waals surface area (Å²) in [5.74, 6) is -0.217. The molecule has 2 aliphatic rings. The summed E-state index contributed by atoms with van der Waals surface area (Å²) in [7, 11) is 0. The van der Waals surface area contributed by atoms with Crippen LogP contribution in [-0.4, -0.2) is 36.4 Å². The van der Waals surface area contributed by atoms with Gasteiger partial charge in [-0.15, -0.1) is 0 Å². The van der Waals surface area contributed by atoms with Crippen molar-refractivity contribution in [2.24, 2.45) is 11.3 Å². The Balaban J connectivity index is 1.37. The standard InChI is InChI=1S/C24H29NO3/c26-22(27)23-11-12-24(16-23,28-18-23)17-25-15-21(13-19-7-3-1-4-8-19)14-20-9-5-2-6-10-20/h1-10,21,25H,11-18H2,(H,26,27). The van der Waals surface area contributed by atoms with E-state index in [2.05, 4.69) is 66.0 Å². The van der Waals surface area contributed by atoms with Gasteiger partial charge < -0.3 is 15.2 Å². The van der Waals surface area contributed by atoms with Crippen LogP contribution in [0.15, 0.2) is 60.7 Å². The van der Waals surface area contributed by atoms with Crippen LogP contribution in [-0.2, 0) is 22.4 Å². The molecular weight excluding hydrogens is 350 g/mol. The lowest BCUT2D eigenvalue weighted by atomic mass is 9.88. The third-order valence-electron chi connectivity index (χ3n) is 6.44. The summed E-state index contributed by atoms with van der Waals surface area (Å²) >= 11 is 0. The highest BCUT2D eigenvalue weighted by Gasteiger charge is 2.59. The predicted octanol–water partition coefficient (Wildman–Crippen LogP) is 3.70. The van der Waals surface area contributed by atoms with E-state index in [4.69, 9.17) is 4.74 Å². The molecule has 2 atom stereocenters. The molecule has 1 aliphatic carbocycles. The molecule has 2 fully saturated rings. The van der Waals surface area contributed by atoms with Gasteiger partial charge in [0.1, 0.15) is 0 Å². The maximum Gasteiger partial charge on any atom is 0.312 e. The molecule has 2 N–H and O–H groups in total. The van der Waals surface area contributed by atoms with Gasteiger partial charge in [0.2, 0.25) is 0 Å². The molecule has 28 heavy (non-hydrogen) atoms.